The van der Waals surface area contributed by atoms with Crippen molar-refractivity contribution in [1.29, 1.82) is 0 Å². The third kappa shape index (κ3) is 2.55. The highest BCUT2D eigenvalue weighted by Crippen LogP contribution is 2.25. The van der Waals surface area contributed by atoms with Gasteiger partial charge in [-0.25, -0.2) is 0 Å². The zero-order chi connectivity index (χ0) is 12.3. The van der Waals surface area contributed by atoms with Gasteiger partial charge in [-0.05, 0) is 6.42 Å². The fourth-order valence-electron chi connectivity index (χ4n) is 2.58. The molecule has 5 atom stereocenters. The van der Waals surface area contributed by atoms with Crippen LogP contribution in [0, 0.1) is 0 Å². The number of piperidine rings is 1. The smallest absolute Gasteiger partial charge is 0.141 e. The summed E-state index contributed by atoms with van der Waals surface area (Å²) in [5, 5.41) is 38.5. The molecule has 0 aromatic heterocycles. The van der Waals surface area contributed by atoms with Crippen LogP contribution in [0.2, 0.25) is 0 Å². The number of likely N-dealkylation sites (N-methyl/N-ethyl adjacent to an activating group) is 1. The first kappa shape index (κ1) is 13.9. The molecule has 0 aromatic carbocycles. The van der Waals surface area contributed by atoms with Gasteiger partial charge in [-0.1, -0.05) is 13.3 Å². The molecular formula is C11H24NO4+. The van der Waals surface area contributed by atoms with Gasteiger partial charge in [0.2, 0.25) is 0 Å². The molecule has 1 unspecified atom stereocenters. The maximum atomic E-state index is 9.86. The van der Waals surface area contributed by atoms with Crippen LogP contribution in [0.3, 0.4) is 0 Å². The van der Waals surface area contributed by atoms with E-state index in [2.05, 4.69) is 6.92 Å². The second kappa shape index (κ2) is 5.42. The maximum Gasteiger partial charge on any atom is 0.141 e. The molecule has 96 valence electrons. The van der Waals surface area contributed by atoms with Crippen molar-refractivity contribution < 1.29 is 24.9 Å². The van der Waals surface area contributed by atoms with Crippen LogP contribution in [0.15, 0.2) is 0 Å². The number of unbranched alkanes of at least 4 members (excludes halogenated alkanes) is 1. The minimum Gasteiger partial charge on any atom is -0.390 e. The van der Waals surface area contributed by atoms with Gasteiger partial charge in [-0.15, -0.1) is 0 Å². The second-order valence-corrected chi connectivity index (χ2v) is 5.04. The Morgan fingerprint density at radius 1 is 1.19 bits per heavy atom. The summed E-state index contributed by atoms with van der Waals surface area (Å²) in [7, 11) is 1.91. The van der Waals surface area contributed by atoms with Crippen LogP contribution in [0.25, 0.3) is 0 Å². The van der Waals surface area contributed by atoms with Crippen LogP contribution < -0.4 is 0 Å². The number of aliphatic hydroxyl groups is 4. The van der Waals surface area contributed by atoms with Gasteiger partial charge in [0, 0.05) is 0 Å². The Morgan fingerprint density at radius 2 is 1.81 bits per heavy atom. The summed E-state index contributed by atoms with van der Waals surface area (Å²) in [4.78, 5) is 0. The highest BCUT2D eigenvalue weighted by Gasteiger charge is 2.49. The van der Waals surface area contributed by atoms with E-state index >= 15 is 0 Å². The van der Waals surface area contributed by atoms with Crippen molar-refractivity contribution in [2.45, 2.75) is 44.1 Å². The molecule has 1 aliphatic heterocycles. The lowest BCUT2D eigenvalue weighted by Crippen LogP contribution is -2.70. The van der Waals surface area contributed by atoms with Gasteiger partial charge in [0.15, 0.2) is 0 Å². The number of hydrogen-bond donors (Lipinski definition) is 4. The average molecular weight is 234 g/mol. The molecule has 4 N–H and O–H groups in total. The quantitative estimate of drug-likeness (QED) is 0.455. The first-order valence-electron chi connectivity index (χ1n) is 5.95. The lowest BCUT2D eigenvalue weighted by molar-refractivity contribution is -0.946. The Bertz CT molecular complexity index is 226. The molecule has 0 radical (unpaired) electrons. The molecule has 0 bridgehead atoms. The molecule has 1 heterocycles. The van der Waals surface area contributed by atoms with E-state index in [1.54, 1.807) is 0 Å². The van der Waals surface area contributed by atoms with Crippen LogP contribution in [0.4, 0.5) is 0 Å². The normalized spacial score (nSPS) is 44.6. The first-order valence-corrected chi connectivity index (χ1v) is 5.95. The maximum absolute atomic E-state index is 9.86. The fourth-order valence-corrected chi connectivity index (χ4v) is 2.58. The standard InChI is InChI=1S/C11H24NO4/c1-3-4-5-12(2)6-9(14)11(16)10(15)8(12)7-13/h8-11,13-16H,3-7H2,1-2H3/q+1/t8-,9+,10+,11-,12?/m1/s1. The average Bonchev–Trinajstić information content (AvgIpc) is 2.24. The first-order chi connectivity index (χ1) is 7.46. The Morgan fingerprint density at radius 3 is 2.31 bits per heavy atom. The monoisotopic (exact) mass is 234 g/mol. The molecule has 1 saturated heterocycles. The van der Waals surface area contributed by atoms with Crippen molar-refractivity contribution in [3.8, 4) is 0 Å². The predicted molar refractivity (Wildman–Crippen MR) is 59.7 cm³/mol. The Labute approximate surface area is 96.5 Å². The predicted octanol–water partition coefficient (Wildman–Crippen LogP) is -1.31. The summed E-state index contributed by atoms with van der Waals surface area (Å²) >= 11 is 0. The van der Waals surface area contributed by atoms with E-state index in [0.717, 1.165) is 19.4 Å². The number of nitrogens with zero attached hydrogens (tertiary/aromatic N) is 1. The zero-order valence-electron chi connectivity index (χ0n) is 10.1. The molecule has 0 spiro atoms. The van der Waals surface area contributed by atoms with Gasteiger partial charge in [-0.2, -0.15) is 0 Å². The molecule has 0 aliphatic carbocycles. The molecule has 5 nitrogen and oxygen atoms in total. The van der Waals surface area contributed by atoms with Crippen LogP contribution in [-0.2, 0) is 0 Å². The van der Waals surface area contributed by atoms with Crippen molar-refractivity contribution >= 4 is 0 Å². The van der Waals surface area contributed by atoms with Crippen molar-refractivity contribution in [2.24, 2.45) is 0 Å². The fraction of sp³-hybridized carbons (Fsp3) is 1.00. The lowest BCUT2D eigenvalue weighted by Gasteiger charge is -2.49. The van der Waals surface area contributed by atoms with Gasteiger partial charge in [0.25, 0.3) is 0 Å². The third-order valence-corrected chi connectivity index (χ3v) is 3.75. The van der Waals surface area contributed by atoms with Gasteiger partial charge in [0.05, 0.1) is 20.2 Å². The van der Waals surface area contributed by atoms with Crippen molar-refractivity contribution in [2.75, 3.05) is 26.7 Å². The number of aliphatic hydroxyl groups excluding tert-OH is 4. The third-order valence-electron chi connectivity index (χ3n) is 3.75. The molecule has 0 amide bonds. The summed E-state index contributed by atoms with van der Waals surface area (Å²) < 4.78 is 0.420. The highest BCUT2D eigenvalue weighted by atomic mass is 16.4. The highest BCUT2D eigenvalue weighted by molar-refractivity contribution is 4.87. The summed E-state index contributed by atoms with van der Waals surface area (Å²) in [5.74, 6) is 0. The molecule has 5 heteroatoms. The van der Waals surface area contributed by atoms with Crippen molar-refractivity contribution in [3.63, 3.8) is 0 Å². The molecule has 0 aromatic rings. The van der Waals surface area contributed by atoms with E-state index in [1.165, 1.54) is 0 Å². The van der Waals surface area contributed by atoms with Crippen LogP contribution in [0.5, 0.6) is 0 Å². The largest absolute Gasteiger partial charge is 0.390 e. The van der Waals surface area contributed by atoms with Crippen molar-refractivity contribution in [3.05, 3.63) is 0 Å². The number of hydrogen-bond acceptors (Lipinski definition) is 4. The van der Waals surface area contributed by atoms with Crippen molar-refractivity contribution in [1.82, 2.24) is 0 Å². The summed E-state index contributed by atoms with van der Waals surface area (Å²) in [5.41, 5.74) is 0. The van der Waals surface area contributed by atoms with Gasteiger partial charge in [0.1, 0.15) is 30.9 Å². The number of rotatable bonds is 4. The summed E-state index contributed by atoms with van der Waals surface area (Å²) in [6.45, 7) is 3.07. The SMILES string of the molecule is CCCC[N+]1(C)C[C@H](O)[C@@H](O)[C@@H](O)[C@H]1CO. The minimum absolute atomic E-state index is 0.175. The Kier molecular flexibility index (Phi) is 4.70. The zero-order valence-corrected chi connectivity index (χ0v) is 10.1. The van der Waals surface area contributed by atoms with E-state index in [1.807, 2.05) is 7.05 Å². The summed E-state index contributed by atoms with van der Waals surface area (Å²) in [6.07, 6.45) is -1.12. The van der Waals surface area contributed by atoms with Crippen LogP contribution in [0.1, 0.15) is 19.8 Å². The summed E-state index contributed by atoms with van der Waals surface area (Å²) in [6, 6.07) is -0.412. The number of quaternary nitrogens is 1. The Hall–Kier alpha value is -0.200. The Balaban J connectivity index is 2.80. The van der Waals surface area contributed by atoms with E-state index in [-0.39, 0.29) is 6.61 Å². The second-order valence-electron chi connectivity index (χ2n) is 5.04. The van der Waals surface area contributed by atoms with Gasteiger partial charge in [-0.3, -0.25) is 0 Å². The minimum atomic E-state index is -1.15. The lowest BCUT2D eigenvalue weighted by atomic mass is 9.91. The molecule has 1 fully saturated rings. The van der Waals surface area contributed by atoms with E-state index < -0.39 is 24.4 Å². The topological polar surface area (TPSA) is 80.9 Å². The molecule has 0 saturated carbocycles. The van der Waals surface area contributed by atoms with Crippen LogP contribution >= 0.6 is 0 Å². The van der Waals surface area contributed by atoms with Gasteiger partial charge >= 0.3 is 0 Å². The van der Waals surface area contributed by atoms with Crippen LogP contribution in [-0.4, -0.2) is 76.0 Å². The number of likely N-dealkylation sites (tertiary alicyclic amines) is 1. The van der Waals surface area contributed by atoms with E-state index in [4.69, 9.17) is 0 Å². The molecule has 1 aliphatic rings. The molecular weight excluding hydrogens is 210 g/mol. The van der Waals surface area contributed by atoms with E-state index in [0.29, 0.717) is 11.0 Å². The van der Waals surface area contributed by atoms with E-state index in [9.17, 15) is 20.4 Å². The molecule has 1 rings (SSSR count). The molecule has 16 heavy (non-hydrogen) atoms. The van der Waals surface area contributed by atoms with Gasteiger partial charge < -0.3 is 24.9 Å².